The van der Waals surface area contributed by atoms with Crippen LogP contribution in [0, 0.1) is 0 Å². The van der Waals surface area contributed by atoms with Gasteiger partial charge in [-0.25, -0.2) is 8.42 Å². The first kappa shape index (κ1) is 16.4. The standard InChI is InChI=1S/C13H26N2O3S/c1-11-12(2)19(17,18)10-9-15(11)13(16)7-5-3-4-6-8-14/h11-12H,3-10,14H2,1-2H3. The number of sulfone groups is 1. The van der Waals surface area contributed by atoms with Crippen LogP contribution in [0.5, 0.6) is 0 Å². The lowest BCUT2D eigenvalue weighted by Crippen LogP contribution is -2.54. The van der Waals surface area contributed by atoms with Crippen LogP contribution in [-0.4, -0.2) is 49.4 Å². The van der Waals surface area contributed by atoms with Crippen LogP contribution in [0.4, 0.5) is 0 Å². The van der Waals surface area contributed by atoms with Crippen molar-refractivity contribution < 1.29 is 13.2 Å². The fraction of sp³-hybridized carbons (Fsp3) is 0.923. The van der Waals surface area contributed by atoms with Crippen LogP contribution in [0.1, 0.15) is 46.0 Å². The van der Waals surface area contributed by atoms with Crippen LogP contribution in [-0.2, 0) is 14.6 Å². The van der Waals surface area contributed by atoms with E-state index in [1.165, 1.54) is 0 Å². The third kappa shape index (κ3) is 4.45. The molecule has 2 atom stereocenters. The molecule has 0 spiro atoms. The molecule has 19 heavy (non-hydrogen) atoms. The number of amides is 1. The Bertz CT molecular complexity index is 395. The molecule has 112 valence electrons. The van der Waals surface area contributed by atoms with Crippen molar-refractivity contribution >= 4 is 15.7 Å². The van der Waals surface area contributed by atoms with Crippen molar-refractivity contribution in [1.82, 2.24) is 4.90 Å². The zero-order valence-corrected chi connectivity index (χ0v) is 12.8. The molecule has 5 nitrogen and oxygen atoms in total. The van der Waals surface area contributed by atoms with Gasteiger partial charge in [-0.3, -0.25) is 4.79 Å². The van der Waals surface area contributed by atoms with Gasteiger partial charge in [0.2, 0.25) is 5.91 Å². The molecule has 1 fully saturated rings. The fourth-order valence-corrected chi connectivity index (χ4v) is 4.01. The minimum absolute atomic E-state index is 0.0852. The van der Waals surface area contributed by atoms with E-state index in [9.17, 15) is 13.2 Å². The summed E-state index contributed by atoms with van der Waals surface area (Å²) in [6, 6.07) is -0.213. The molecule has 1 rings (SSSR count). The predicted molar refractivity (Wildman–Crippen MR) is 76.6 cm³/mol. The van der Waals surface area contributed by atoms with E-state index in [2.05, 4.69) is 0 Å². The van der Waals surface area contributed by atoms with Crippen LogP contribution in [0.2, 0.25) is 0 Å². The molecule has 2 unspecified atom stereocenters. The average molecular weight is 290 g/mol. The number of carbonyl (C=O) groups excluding carboxylic acids is 1. The summed E-state index contributed by atoms with van der Waals surface area (Å²) in [6.45, 7) is 4.57. The van der Waals surface area contributed by atoms with Crippen molar-refractivity contribution in [1.29, 1.82) is 0 Å². The molecule has 1 heterocycles. The van der Waals surface area contributed by atoms with Gasteiger partial charge in [-0.05, 0) is 33.2 Å². The van der Waals surface area contributed by atoms with Gasteiger partial charge in [0.15, 0.2) is 9.84 Å². The quantitative estimate of drug-likeness (QED) is 0.738. The summed E-state index contributed by atoms with van der Waals surface area (Å²) >= 11 is 0. The molecule has 1 aliphatic heterocycles. The summed E-state index contributed by atoms with van der Waals surface area (Å²) in [5.41, 5.74) is 5.41. The molecule has 0 saturated carbocycles. The summed E-state index contributed by atoms with van der Waals surface area (Å²) < 4.78 is 23.5. The molecule has 0 aromatic rings. The molecular weight excluding hydrogens is 264 g/mol. The van der Waals surface area contributed by atoms with Crippen LogP contribution >= 0.6 is 0 Å². The molecule has 0 radical (unpaired) electrons. The monoisotopic (exact) mass is 290 g/mol. The Balaban J connectivity index is 2.41. The largest absolute Gasteiger partial charge is 0.338 e. The van der Waals surface area contributed by atoms with E-state index in [4.69, 9.17) is 5.73 Å². The SMILES string of the molecule is CC1C(C)S(=O)(=O)CCN1C(=O)CCCCCCN. The summed E-state index contributed by atoms with van der Waals surface area (Å²) in [5.74, 6) is 0.180. The Morgan fingerprint density at radius 3 is 2.47 bits per heavy atom. The number of unbranched alkanes of at least 4 members (excludes halogenated alkanes) is 3. The Morgan fingerprint density at radius 2 is 1.84 bits per heavy atom. The molecule has 2 N–H and O–H groups in total. The highest BCUT2D eigenvalue weighted by Gasteiger charge is 2.37. The molecule has 0 aromatic carbocycles. The van der Waals surface area contributed by atoms with Crippen molar-refractivity contribution in [2.24, 2.45) is 5.73 Å². The average Bonchev–Trinajstić information content (AvgIpc) is 2.36. The Labute approximate surface area is 116 Å². The van der Waals surface area contributed by atoms with Gasteiger partial charge in [-0.1, -0.05) is 12.8 Å². The lowest BCUT2D eigenvalue weighted by molar-refractivity contribution is -0.133. The molecule has 0 bridgehead atoms. The van der Waals surface area contributed by atoms with E-state index in [1.807, 2.05) is 6.92 Å². The second-order valence-electron chi connectivity index (χ2n) is 5.35. The first-order valence-electron chi connectivity index (χ1n) is 7.11. The van der Waals surface area contributed by atoms with Crippen molar-refractivity contribution in [3.05, 3.63) is 0 Å². The molecule has 0 aliphatic carbocycles. The fourth-order valence-electron chi connectivity index (χ4n) is 2.44. The van der Waals surface area contributed by atoms with Gasteiger partial charge in [0.1, 0.15) is 0 Å². The summed E-state index contributed by atoms with van der Waals surface area (Å²) in [4.78, 5) is 13.8. The number of carbonyl (C=O) groups is 1. The zero-order valence-electron chi connectivity index (χ0n) is 12.0. The van der Waals surface area contributed by atoms with Crippen molar-refractivity contribution in [2.75, 3.05) is 18.8 Å². The van der Waals surface area contributed by atoms with E-state index in [1.54, 1.807) is 11.8 Å². The number of hydrogen-bond donors (Lipinski definition) is 1. The number of rotatable bonds is 6. The van der Waals surface area contributed by atoms with Crippen LogP contribution in [0.25, 0.3) is 0 Å². The maximum absolute atomic E-state index is 12.1. The molecule has 0 aromatic heterocycles. The third-order valence-corrected chi connectivity index (χ3v) is 6.30. The molecule has 1 aliphatic rings. The second-order valence-corrected chi connectivity index (χ2v) is 7.83. The van der Waals surface area contributed by atoms with E-state index >= 15 is 0 Å². The van der Waals surface area contributed by atoms with Crippen LogP contribution < -0.4 is 5.73 Å². The van der Waals surface area contributed by atoms with Gasteiger partial charge in [-0.2, -0.15) is 0 Å². The lowest BCUT2D eigenvalue weighted by atomic mass is 10.1. The summed E-state index contributed by atoms with van der Waals surface area (Å²) in [5, 5.41) is -0.456. The number of hydrogen-bond acceptors (Lipinski definition) is 4. The minimum atomic E-state index is -3.02. The van der Waals surface area contributed by atoms with E-state index < -0.39 is 15.1 Å². The zero-order chi connectivity index (χ0) is 14.5. The smallest absolute Gasteiger partial charge is 0.222 e. The topological polar surface area (TPSA) is 80.5 Å². The molecular formula is C13H26N2O3S. The second kappa shape index (κ2) is 7.24. The number of nitrogens with zero attached hydrogens (tertiary/aromatic N) is 1. The first-order valence-corrected chi connectivity index (χ1v) is 8.83. The summed E-state index contributed by atoms with van der Waals surface area (Å²) in [7, 11) is -3.02. The van der Waals surface area contributed by atoms with Gasteiger partial charge >= 0.3 is 0 Å². The van der Waals surface area contributed by atoms with Crippen molar-refractivity contribution in [2.45, 2.75) is 57.2 Å². The minimum Gasteiger partial charge on any atom is -0.338 e. The van der Waals surface area contributed by atoms with Crippen molar-refractivity contribution in [3.63, 3.8) is 0 Å². The van der Waals surface area contributed by atoms with E-state index in [0.717, 1.165) is 25.7 Å². The predicted octanol–water partition coefficient (Wildman–Crippen LogP) is 0.930. The van der Waals surface area contributed by atoms with Gasteiger partial charge < -0.3 is 10.6 Å². The highest BCUT2D eigenvalue weighted by atomic mass is 32.2. The van der Waals surface area contributed by atoms with Gasteiger partial charge in [0, 0.05) is 19.0 Å². The van der Waals surface area contributed by atoms with Gasteiger partial charge in [0.05, 0.1) is 11.0 Å². The van der Waals surface area contributed by atoms with Gasteiger partial charge in [0.25, 0.3) is 0 Å². The maximum Gasteiger partial charge on any atom is 0.222 e. The van der Waals surface area contributed by atoms with Crippen LogP contribution in [0.3, 0.4) is 0 Å². The highest BCUT2D eigenvalue weighted by molar-refractivity contribution is 7.92. The molecule has 6 heteroatoms. The van der Waals surface area contributed by atoms with Gasteiger partial charge in [-0.15, -0.1) is 0 Å². The maximum atomic E-state index is 12.1. The Kier molecular flexibility index (Phi) is 6.26. The highest BCUT2D eigenvalue weighted by Crippen LogP contribution is 2.20. The molecule has 1 amide bonds. The number of nitrogens with two attached hydrogens (primary N) is 1. The van der Waals surface area contributed by atoms with Crippen LogP contribution in [0.15, 0.2) is 0 Å². The summed E-state index contributed by atoms with van der Waals surface area (Å²) in [6.07, 6.45) is 4.46. The van der Waals surface area contributed by atoms with E-state index in [0.29, 0.717) is 19.5 Å². The third-order valence-electron chi connectivity index (χ3n) is 4.02. The first-order chi connectivity index (χ1) is 8.90. The lowest BCUT2D eigenvalue weighted by Gasteiger charge is -2.37. The normalized spacial score (nSPS) is 26.4. The van der Waals surface area contributed by atoms with E-state index in [-0.39, 0.29) is 17.7 Å². The Morgan fingerprint density at radius 1 is 1.21 bits per heavy atom. The van der Waals surface area contributed by atoms with Crippen molar-refractivity contribution in [3.8, 4) is 0 Å². The Hall–Kier alpha value is -0.620. The molecule has 1 saturated heterocycles.